The minimum atomic E-state index is -2.19. The van der Waals surface area contributed by atoms with Crippen LogP contribution in [0, 0.1) is 16.7 Å². The molecule has 0 unspecified atom stereocenters. The van der Waals surface area contributed by atoms with Gasteiger partial charge in [0.25, 0.3) is 0 Å². The summed E-state index contributed by atoms with van der Waals surface area (Å²) in [5, 5.41) is 0.0997. The first-order chi connectivity index (χ1) is 14.8. The van der Waals surface area contributed by atoms with Crippen molar-refractivity contribution in [2.45, 2.75) is 94.7 Å². The largest absolute Gasteiger partial charge is 0.468 e. The number of methoxy groups -OCH3 is 1. The first kappa shape index (κ1) is 25.5. The Labute approximate surface area is 199 Å². The number of carbonyl (C=O) groups excluding carboxylic acids is 2. The topological polar surface area (TPSA) is 52.6 Å². The molecule has 0 radical (unpaired) electrons. The quantitative estimate of drug-likeness (QED) is 0.276. The van der Waals surface area contributed by atoms with Crippen molar-refractivity contribution in [3.63, 3.8) is 0 Å². The molecule has 0 heterocycles. The summed E-state index contributed by atoms with van der Waals surface area (Å²) in [7, 11) is -0.779. The molecule has 2 aliphatic rings. The summed E-state index contributed by atoms with van der Waals surface area (Å²) < 4.78 is 12.2. The van der Waals surface area contributed by atoms with Crippen LogP contribution in [-0.4, -0.2) is 38.5 Å². The lowest BCUT2D eigenvalue weighted by atomic mass is 9.49. The molecule has 0 aromatic heterocycles. The molecule has 0 spiro atoms. The summed E-state index contributed by atoms with van der Waals surface area (Å²) in [6.45, 7) is 15.5. The molecule has 6 heteroatoms. The first-order valence-corrected chi connectivity index (χ1v) is 15.6. The number of fused-ring (bicyclic) bond motifs is 1. The maximum Gasteiger partial charge on any atom is 0.322 e. The van der Waals surface area contributed by atoms with Crippen molar-refractivity contribution in [3.8, 4) is 0 Å². The third-order valence-corrected chi connectivity index (χ3v) is 14.5. The molecule has 0 saturated heterocycles. The molecule has 32 heavy (non-hydrogen) atoms. The van der Waals surface area contributed by atoms with E-state index in [1.54, 1.807) is 11.8 Å². The van der Waals surface area contributed by atoms with E-state index in [1.807, 2.05) is 18.2 Å². The molecule has 0 aliphatic heterocycles. The van der Waals surface area contributed by atoms with Crippen LogP contribution in [0.1, 0.15) is 60.3 Å². The molecule has 2 fully saturated rings. The number of ether oxygens (including phenoxy) is 1. The monoisotopic (exact) mass is 476 g/mol. The van der Waals surface area contributed by atoms with Gasteiger partial charge in [0.15, 0.2) is 19.5 Å². The lowest BCUT2D eigenvalue weighted by Gasteiger charge is -2.58. The number of ketones is 1. The van der Waals surface area contributed by atoms with Gasteiger partial charge in [-0.25, -0.2) is 0 Å². The maximum absolute atomic E-state index is 14.0. The number of hydrogen-bond acceptors (Lipinski definition) is 5. The van der Waals surface area contributed by atoms with E-state index in [1.165, 1.54) is 7.11 Å². The maximum atomic E-state index is 14.0. The second-order valence-corrected chi connectivity index (χ2v) is 17.6. The van der Waals surface area contributed by atoms with Gasteiger partial charge in [-0.15, -0.1) is 11.8 Å². The predicted molar refractivity (Wildman–Crippen MR) is 133 cm³/mol. The van der Waals surface area contributed by atoms with Gasteiger partial charge in [0.1, 0.15) is 0 Å². The van der Waals surface area contributed by atoms with Crippen LogP contribution in [0.3, 0.4) is 0 Å². The van der Waals surface area contributed by atoms with Crippen molar-refractivity contribution in [3.05, 3.63) is 30.3 Å². The number of Topliss-reactive ketones (excluding diaryl/α,β-unsaturated/α-hetero) is 1. The van der Waals surface area contributed by atoms with E-state index in [2.05, 4.69) is 59.8 Å². The van der Waals surface area contributed by atoms with Crippen molar-refractivity contribution in [1.29, 1.82) is 0 Å². The number of benzene rings is 1. The smallest absolute Gasteiger partial charge is 0.322 e. The molecule has 2 saturated carbocycles. The highest BCUT2D eigenvalue weighted by Gasteiger charge is 2.68. The van der Waals surface area contributed by atoms with Crippen LogP contribution in [0.2, 0.25) is 18.1 Å². The van der Waals surface area contributed by atoms with Gasteiger partial charge in [0, 0.05) is 16.6 Å². The molecule has 4 atom stereocenters. The average Bonchev–Trinajstić information content (AvgIpc) is 2.71. The standard InChI is InChI=1S/C26H40O4SSi/c1-24(2,3)32(7,8)30-21-16-12-15-19-25(4,5)22(31-18-13-10-9-11-14-18)17-20(27)26(19,21)23(28)29-6/h9-11,13-14,19,21-22H,12,15-17H2,1-8H3/t19-,21+,22+,26+/m1/s1. The van der Waals surface area contributed by atoms with Crippen molar-refractivity contribution < 1.29 is 18.8 Å². The van der Waals surface area contributed by atoms with E-state index in [-0.39, 0.29) is 27.4 Å². The summed E-state index contributed by atoms with van der Waals surface area (Å²) in [5.74, 6) is -0.494. The summed E-state index contributed by atoms with van der Waals surface area (Å²) >= 11 is 1.76. The summed E-state index contributed by atoms with van der Waals surface area (Å²) in [6, 6.07) is 10.3. The van der Waals surface area contributed by atoms with Crippen molar-refractivity contribution in [2.24, 2.45) is 16.7 Å². The minimum Gasteiger partial charge on any atom is -0.468 e. The fourth-order valence-electron chi connectivity index (χ4n) is 5.44. The molecule has 1 aromatic rings. The van der Waals surface area contributed by atoms with Crippen molar-refractivity contribution in [1.82, 2.24) is 0 Å². The van der Waals surface area contributed by atoms with E-state index >= 15 is 0 Å². The Hall–Kier alpha value is -1.11. The normalized spacial score (nSPS) is 30.5. The Balaban J connectivity index is 2.04. The second-order valence-electron chi connectivity index (χ2n) is 11.6. The number of hydrogen-bond donors (Lipinski definition) is 0. The highest BCUT2D eigenvalue weighted by atomic mass is 32.2. The molecule has 178 valence electrons. The number of carbonyl (C=O) groups is 2. The van der Waals surface area contributed by atoms with Gasteiger partial charge < -0.3 is 9.16 Å². The molecule has 2 aliphatic carbocycles. The van der Waals surface area contributed by atoms with Crippen LogP contribution in [0.4, 0.5) is 0 Å². The van der Waals surface area contributed by atoms with Gasteiger partial charge in [-0.2, -0.15) is 0 Å². The third kappa shape index (κ3) is 4.23. The number of rotatable bonds is 5. The fourth-order valence-corrected chi connectivity index (χ4v) is 8.16. The Morgan fingerprint density at radius 1 is 1.12 bits per heavy atom. The Morgan fingerprint density at radius 3 is 2.31 bits per heavy atom. The van der Waals surface area contributed by atoms with Gasteiger partial charge in [-0.05, 0) is 54.4 Å². The highest BCUT2D eigenvalue weighted by Crippen LogP contribution is 2.61. The molecule has 3 rings (SSSR count). The van der Waals surface area contributed by atoms with Crippen molar-refractivity contribution >= 4 is 31.8 Å². The Morgan fingerprint density at radius 2 is 1.75 bits per heavy atom. The molecule has 0 bridgehead atoms. The predicted octanol–water partition coefficient (Wildman–Crippen LogP) is 6.50. The summed E-state index contributed by atoms with van der Waals surface area (Å²) in [4.78, 5) is 28.7. The average molecular weight is 477 g/mol. The van der Waals surface area contributed by atoms with E-state index in [0.717, 1.165) is 24.2 Å². The molecule has 4 nitrogen and oxygen atoms in total. The van der Waals surface area contributed by atoms with Gasteiger partial charge >= 0.3 is 5.97 Å². The zero-order valence-electron chi connectivity index (χ0n) is 21.0. The van der Waals surface area contributed by atoms with Crippen LogP contribution < -0.4 is 0 Å². The SMILES string of the molecule is COC(=O)[C@]12C(=O)C[C@H](Sc3ccccc3)C(C)(C)[C@H]1CCC[C@@H]2O[Si](C)(C)C(C)(C)C. The fraction of sp³-hybridized carbons (Fsp3) is 0.692. The molecular weight excluding hydrogens is 436 g/mol. The lowest BCUT2D eigenvalue weighted by molar-refractivity contribution is -0.187. The van der Waals surface area contributed by atoms with Crippen LogP contribution in [-0.2, 0) is 18.8 Å². The van der Waals surface area contributed by atoms with E-state index in [9.17, 15) is 9.59 Å². The molecular formula is C26H40O4SSi. The molecule has 0 N–H and O–H groups in total. The van der Waals surface area contributed by atoms with E-state index < -0.39 is 25.8 Å². The van der Waals surface area contributed by atoms with E-state index in [0.29, 0.717) is 6.42 Å². The van der Waals surface area contributed by atoms with Gasteiger partial charge in [0.05, 0.1) is 13.2 Å². The van der Waals surface area contributed by atoms with Gasteiger partial charge in [-0.1, -0.05) is 59.2 Å². The Kier molecular flexibility index (Phi) is 7.11. The Bertz CT molecular complexity index is 845. The van der Waals surface area contributed by atoms with Crippen LogP contribution >= 0.6 is 11.8 Å². The number of esters is 1. The second kappa shape index (κ2) is 8.92. The minimum absolute atomic E-state index is 0.00379. The number of thioether (sulfide) groups is 1. The summed E-state index contributed by atoms with van der Waals surface area (Å²) in [6.07, 6.45) is 2.48. The highest BCUT2D eigenvalue weighted by molar-refractivity contribution is 8.00. The third-order valence-electron chi connectivity index (χ3n) is 8.36. The van der Waals surface area contributed by atoms with Crippen molar-refractivity contribution in [2.75, 3.05) is 7.11 Å². The zero-order valence-corrected chi connectivity index (χ0v) is 22.8. The van der Waals surface area contributed by atoms with Gasteiger partial charge in [-0.3, -0.25) is 9.59 Å². The van der Waals surface area contributed by atoms with E-state index in [4.69, 9.17) is 9.16 Å². The zero-order chi connectivity index (χ0) is 23.9. The molecule has 1 aromatic carbocycles. The molecule has 0 amide bonds. The van der Waals surface area contributed by atoms with Crippen LogP contribution in [0.5, 0.6) is 0 Å². The first-order valence-electron chi connectivity index (χ1n) is 11.8. The van der Waals surface area contributed by atoms with Crippen LogP contribution in [0.25, 0.3) is 0 Å². The van der Waals surface area contributed by atoms with Gasteiger partial charge in [0.2, 0.25) is 0 Å². The van der Waals surface area contributed by atoms with Crippen LogP contribution in [0.15, 0.2) is 35.2 Å². The summed E-state index contributed by atoms with van der Waals surface area (Å²) in [5.41, 5.74) is -1.43. The lowest BCUT2D eigenvalue weighted by Crippen LogP contribution is -2.67.